The Labute approximate surface area is 162 Å². The molecule has 0 spiro atoms. The van der Waals surface area contributed by atoms with E-state index in [2.05, 4.69) is 5.32 Å². The number of fused-ring (bicyclic) bond motifs is 1. The minimum Gasteiger partial charge on any atom is -0.508 e. The summed E-state index contributed by atoms with van der Waals surface area (Å²) in [5.41, 5.74) is 2.63. The van der Waals surface area contributed by atoms with Gasteiger partial charge in [0.25, 0.3) is 0 Å². The van der Waals surface area contributed by atoms with E-state index in [1.165, 1.54) is 12.1 Å². The fourth-order valence-corrected chi connectivity index (χ4v) is 3.43. The zero-order valence-electron chi connectivity index (χ0n) is 15.5. The van der Waals surface area contributed by atoms with Crippen molar-refractivity contribution in [2.75, 3.05) is 0 Å². The Bertz CT molecular complexity index is 1130. The second kappa shape index (κ2) is 7.74. The number of nitrogens with one attached hydrogen (secondary N) is 1. The monoisotopic (exact) mass is 375 g/mol. The van der Waals surface area contributed by atoms with Crippen LogP contribution in [0.15, 0.2) is 80.6 Å². The van der Waals surface area contributed by atoms with Crippen LogP contribution >= 0.6 is 0 Å². The maximum atomic E-state index is 12.0. The molecule has 0 radical (unpaired) electrons. The topological polar surface area (TPSA) is 75.6 Å². The molecule has 0 bridgehead atoms. The van der Waals surface area contributed by atoms with Crippen molar-refractivity contribution in [1.82, 2.24) is 5.32 Å². The largest absolute Gasteiger partial charge is 0.508 e. The third-order valence-electron chi connectivity index (χ3n) is 4.87. The van der Waals surface area contributed by atoms with E-state index >= 15 is 0 Å². The van der Waals surface area contributed by atoms with Crippen LogP contribution in [0.5, 0.6) is 5.75 Å². The van der Waals surface area contributed by atoms with Crippen LogP contribution in [-0.2, 0) is 13.0 Å². The van der Waals surface area contributed by atoms with Gasteiger partial charge in [0.05, 0.1) is 12.3 Å². The summed E-state index contributed by atoms with van der Waals surface area (Å²) in [6.07, 6.45) is 2.34. The van der Waals surface area contributed by atoms with Crippen LogP contribution < -0.4 is 10.9 Å². The van der Waals surface area contributed by atoms with Crippen molar-refractivity contribution >= 4 is 11.0 Å². The number of aryl methyl sites for hydroxylation is 1. The Morgan fingerprint density at radius 1 is 1.04 bits per heavy atom. The SMILES string of the molecule is CCc1cc2c(CN[C@@H](c3ccccc3)c3ccco3)cc(=O)oc2cc1O. The first-order valence-corrected chi connectivity index (χ1v) is 9.26. The summed E-state index contributed by atoms with van der Waals surface area (Å²) in [6.45, 7) is 2.41. The Kier molecular flexibility index (Phi) is 5.00. The number of aromatic hydroxyl groups is 1. The van der Waals surface area contributed by atoms with Crippen LogP contribution in [0, 0.1) is 0 Å². The van der Waals surface area contributed by atoms with Gasteiger partial charge < -0.3 is 13.9 Å². The lowest BCUT2D eigenvalue weighted by molar-refractivity contribution is 0.445. The number of phenolic OH excluding ortho intramolecular Hbond substituents is 1. The summed E-state index contributed by atoms with van der Waals surface area (Å²) in [6, 6.07) is 18.5. The maximum absolute atomic E-state index is 12.0. The molecule has 0 unspecified atom stereocenters. The summed E-state index contributed by atoms with van der Waals surface area (Å²) in [4.78, 5) is 12.0. The van der Waals surface area contributed by atoms with E-state index in [0.29, 0.717) is 18.5 Å². The van der Waals surface area contributed by atoms with Gasteiger partial charge in [-0.25, -0.2) is 4.79 Å². The normalized spacial score (nSPS) is 12.3. The molecule has 2 heterocycles. The molecule has 142 valence electrons. The molecule has 0 aliphatic rings. The standard InChI is InChI=1S/C23H21NO4/c1-2-15-11-18-17(12-22(26)28-21(18)13-19(15)25)14-24-23(20-9-6-10-27-20)16-7-4-3-5-8-16/h3-13,23-25H,2,14H2,1H3/t23-/m0/s1. The van der Waals surface area contributed by atoms with E-state index in [1.807, 2.05) is 55.5 Å². The first-order valence-electron chi connectivity index (χ1n) is 9.26. The zero-order chi connectivity index (χ0) is 19.5. The predicted molar refractivity (Wildman–Crippen MR) is 107 cm³/mol. The molecular formula is C23H21NO4. The molecule has 2 aromatic carbocycles. The van der Waals surface area contributed by atoms with Crippen LogP contribution in [0.1, 0.15) is 35.4 Å². The lowest BCUT2D eigenvalue weighted by atomic mass is 10.0. The van der Waals surface area contributed by atoms with Gasteiger partial charge in [0.15, 0.2) is 0 Å². The van der Waals surface area contributed by atoms with Crippen LogP contribution in [-0.4, -0.2) is 5.11 Å². The third kappa shape index (κ3) is 3.57. The minimum absolute atomic E-state index is 0.140. The third-order valence-corrected chi connectivity index (χ3v) is 4.87. The summed E-state index contributed by atoms with van der Waals surface area (Å²) in [5, 5.41) is 14.4. The van der Waals surface area contributed by atoms with Crippen LogP contribution in [0.2, 0.25) is 0 Å². The predicted octanol–water partition coefficient (Wildman–Crippen LogP) is 4.53. The molecule has 4 aromatic rings. The van der Waals surface area contributed by atoms with Gasteiger partial charge in [0.1, 0.15) is 17.1 Å². The second-order valence-electron chi connectivity index (χ2n) is 6.66. The molecular weight excluding hydrogens is 354 g/mol. The highest BCUT2D eigenvalue weighted by Gasteiger charge is 2.17. The highest BCUT2D eigenvalue weighted by molar-refractivity contribution is 5.82. The summed E-state index contributed by atoms with van der Waals surface area (Å²) < 4.78 is 10.9. The van der Waals surface area contributed by atoms with Crippen molar-refractivity contribution in [3.63, 3.8) is 0 Å². The molecule has 0 saturated heterocycles. The number of phenols is 1. The molecule has 0 aliphatic heterocycles. The van der Waals surface area contributed by atoms with Gasteiger partial charge in [-0.15, -0.1) is 0 Å². The number of hydrogen-bond acceptors (Lipinski definition) is 5. The van der Waals surface area contributed by atoms with Gasteiger partial charge in [-0.3, -0.25) is 5.32 Å². The molecule has 2 N–H and O–H groups in total. The van der Waals surface area contributed by atoms with E-state index in [9.17, 15) is 9.90 Å². The van der Waals surface area contributed by atoms with Gasteiger partial charge in [-0.2, -0.15) is 0 Å². The molecule has 28 heavy (non-hydrogen) atoms. The number of rotatable bonds is 6. The van der Waals surface area contributed by atoms with Crippen molar-refractivity contribution in [2.45, 2.75) is 25.9 Å². The number of furan rings is 1. The first-order chi connectivity index (χ1) is 13.7. The van der Waals surface area contributed by atoms with E-state index in [-0.39, 0.29) is 11.8 Å². The molecule has 0 fully saturated rings. The number of hydrogen-bond donors (Lipinski definition) is 2. The Balaban J connectivity index is 1.71. The van der Waals surface area contributed by atoms with Crippen LogP contribution in [0.3, 0.4) is 0 Å². The van der Waals surface area contributed by atoms with E-state index in [0.717, 1.165) is 27.8 Å². The fraction of sp³-hybridized carbons (Fsp3) is 0.174. The minimum atomic E-state index is -0.442. The van der Waals surface area contributed by atoms with E-state index in [4.69, 9.17) is 8.83 Å². The van der Waals surface area contributed by atoms with Crippen LogP contribution in [0.25, 0.3) is 11.0 Å². The van der Waals surface area contributed by atoms with Crippen molar-refractivity contribution in [1.29, 1.82) is 0 Å². The summed E-state index contributed by atoms with van der Waals surface area (Å²) >= 11 is 0. The number of benzene rings is 2. The molecule has 2 aromatic heterocycles. The average Bonchev–Trinajstić information content (AvgIpc) is 3.23. The van der Waals surface area contributed by atoms with Gasteiger partial charge in [-0.1, -0.05) is 37.3 Å². The Morgan fingerprint density at radius 3 is 2.57 bits per heavy atom. The zero-order valence-corrected chi connectivity index (χ0v) is 15.5. The highest BCUT2D eigenvalue weighted by Crippen LogP contribution is 2.28. The summed E-state index contributed by atoms with van der Waals surface area (Å²) in [5.74, 6) is 0.936. The molecule has 0 amide bonds. The molecule has 0 saturated carbocycles. The van der Waals surface area contributed by atoms with Crippen molar-refractivity contribution in [2.24, 2.45) is 0 Å². The lowest BCUT2D eigenvalue weighted by Crippen LogP contribution is -2.22. The molecule has 5 nitrogen and oxygen atoms in total. The maximum Gasteiger partial charge on any atom is 0.336 e. The Morgan fingerprint density at radius 2 is 1.86 bits per heavy atom. The van der Waals surface area contributed by atoms with Crippen LogP contribution in [0.4, 0.5) is 0 Å². The fourth-order valence-electron chi connectivity index (χ4n) is 3.43. The molecule has 4 rings (SSSR count). The lowest BCUT2D eigenvalue weighted by Gasteiger charge is -2.18. The quantitative estimate of drug-likeness (QED) is 0.484. The van der Waals surface area contributed by atoms with Gasteiger partial charge in [-0.05, 0) is 41.3 Å². The smallest absolute Gasteiger partial charge is 0.336 e. The van der Waals surface area contributed by atoms with Gasteiger partial charge in [0.2, 0.25) is 0 Å². The van der Waals surface area contributed by atoms with E-state index < -0.39 is 5.63 Å². The van der Waals surface area contributed by atoms with Crippen molar-refractivity contribution < 1.29 is 13.9 Å². The summed E-state index contributed by atoms with van der Waals surface area (Å²) in [7, 11) is 0. The van der Waals surface area contributed by atoms with Gasteiger partial charge in [0, 0.05) is 24.1 Å². The van der Waals surface area contributed by atoms with Gasteiger partial charge >= 0.3 is 5.63 Å². The first kappa shape index (κ1) is 18.1. The highest BCUT2D eigenvalue weighted by atomic mass is 16.4. The average molecular weight is 375 g/mol. The molecule has 5 heteroatoms. The molecule has 0 aliphatic carbocycles. The Hall–Kier alpha value is -3.31. The molecule has 1 atom stereocenters. The van der Waals surface area contributed by atoms with Crippen molar-refractivity contribution in [3.8, 4) is 5.75 Å². The van der Waals surface area contributed by atoms with E-state index in [1.54, 1.807) is 6.26 Å². The second-order valence-corrected chi connectivity index (χ2v) is 6.66. The van der Waals surface area contributed by atoms with Crippen molar-refractivity contribution in [3.05, 3.63) is 99.8 Å².